The number of carbonyl (C=O) groups is 1. The third kappa shape index (κ3) is 3.95. The second-order valence-electron chi connectivity index (χ2n) is 6.40. The first kappa shape index (κ1) is 18.6. The molecule has 1 aromatic heterocycles. The summed E-state index contributed by atoms with van der Waals surface area (Å²) in [4.78, 5) is 14.6. The van der Waals surface area contributed by atoms with E-state index in [0.29, 0.717) is 25.3 Å². The van der Waals surface area contributed by atoms with E-state index in [1.165, 1.54) is 0 Å². The average Bonchev–Trinajstić information content (AvgIpc) is 3.19. The highest BCUT2D eigenvalue weighted by Crippen LogP contribution is 2.20. The lowest BCUT2D eigenvalue weighted by molar-refractivity contribution is -0.147. The number of carbonyl (C=O) groups excluding carboxylic acids is 1. The summed E-state index contributed by atoms with van der Waals surface area (Å²) in [7, 11) is 5.04. The van der Waals surface area contributed by atoms with Gasteiger partial charge in [-0.1, -0.05) is 12.1 Å². The van der Waals surface area contributed by atoms with Crippen LogP contribution in [0.2, 0.25) is 0 Å². The van der Waals surface area contributed by atoms with Crippen LogP contribution >= 0.6 is 0 Å². The van der Waals surface area contributed by atoms with Crippen molar-refractivity contribution < 1.29 is 19.0 Å². The molecule has 0 radical (unpaired) electrons. The van der Waals surface area contributed by atoms with Gasteiger partial charge in [0.15, 0.2) is 0 Å². The third-order valence-electron chi connectivity index (χ3n) is 4.81. The van der Waals surface area contributed by atoms with Crippen molar-refractivity contribution in [2.45, 2.75) is 24.8 Å². The summed E-state index contributed by atoms with van der Waals surface area (Å²) in [6.45, 7) is 1.57. The van der Waals surface area contributed by atoms with Crippen LogP contribution in [0.5, 0.6) is 0 Å². The average molecular weight is 359 g/mol. The van der Waals surface area contributed by atoms with Crippen LogP contribution in [0.4, 0.5) is 0 Å². The van der Waals surface area contributed by atoms with Crippen LogP contribution in [-0.2, 0) is 20.8 Å². The molecule has 1 fully saturated rings. The summed E-state index contributed by atoms with van der Waals surface area (Å²) in [5.41, 5.74) is 1.72. The van der Waals surface area contributed by atoms with Crippen LogP contribution in [0, 0.1) is 0 Å². The molecule has 0 bridgehead atoms. The predicted octanol–water partition coefficient (Wildman–Crippen LogP) is 1.43. The molecule has 0 N–H and O–H groups in total. The summed E-state index contributed by atoms with van der Waals surface area (Å²) < 4.78 is 18.5. The van der Waals surface area contributed by atoms with Crippen LogP contribution in [0.25, 0.3) is 0 Å². The molecule has 7 heteroatoms. The Morgan fingerprint density at radius 3 is 2.65 bits per heavy atom. The van der Waals surface area contributed by atoms with Crippen LogP contribution in [-0.4, -0.2) is 73.3 Å². The van der Waals surface area contributed by atoms with Gasteiger partial charge in [0.1, 0.15) is 12.2 Å². The van der Waals surface area contributed by atoms with E-state index in [-0.39, 0.29) is 24.2 Å². The Bertz CT molecular complexity index is 702. The van der Waals surface area contributed by atoms with Gasteiger partial charge in [-0.2, -0.15) is 5.10 Å². The summed E-state index contributed by atoms with van der Waals surface area (Å²) in [5, 5.41) is 4.19. The van der Waals surface area contributed by atoms with Crippen molar-refractivity contribution in [1.82, 2.24) is 14.7 Å². The van der Waals surface area contributed by atoms with Gasteiger partial charge in [0, 0.05) is 39.2 Å². The molecule has 3 atom stereocenters. The summed E-state index contributed by atoms with van der Waals surface area (Å²) in [5.74, 6) is -0.0666. The Kier molecular flexibility index (Phi) is 6.03. The van der Waals surface area contributed by atoms with Crippen molar-refractivity contribution >= 4 is 5.91 Å². The second kappa shape index (κ2) is 8.44. The van der Waals surface area contributed by atoms with Crippen molar-refractivity contribution in [3.63, 3.8) is 0 Å². The molecule has 3 rings (SSSR count). The fourth-order valence-corrected chi connectivity index (χ4v) is 3.27. The SMILES string of the molecule is CO[C@H]1[C@H](N(C)C(=O)c2ccc(Cn3cccn3)cc2)COC[C@H]1OC. The fraction of sp³-hybridized carbons (Fsp3) is 0.474. The molecular weight excluding hydrogens is 334 g/mol. The topological polar surface area (TPSA) is 65.8 Å². The number of aromatic nitrogens is 2. The van der Waals surface area contributed by atoms with Gasteiger partial charge in [0.05, 0.1) is 25.8 Å². The van der Waals surface area contributed by atoms with Gasteiger partial charge >= 0.3 is 0 Å². The molecule has 0 aliphatic carbocycles. The van der Waals surface area contributed by atoms with Crippen LogP contribution in [0.3, 0.4) is 0 Å². The quantitative estimate of drug-likeness (QED) is 0.781. The molecule has 7 nitrogen and oxygen atoms in total. The lowest BCUT2D eigenvalue weighted by atomic mass is 10.0. The van der Waals surface area contributed by atoms with Gasteiger partial charge in [0.2, 0.25) is 0 Å². The maximum atomic E-state index is 12.9. The Labute approximate surface area is 153 Å². The monoisotopic (exact) mass is 359 g/mol. The smallest absolute Gasteiger partial charge is 0.254 e. The molecule has 1 aliphatic rings. The summed E-state index contributed by atoms with van der Waals surface area (Å²) >= 11 is 0. The maximum absolute atomic E-state index is 12.9. The van der Waals surface area contributed by atoms with E-state index in [1.807, 2.05) is 41.2 Å². The first-order valence-electron chi connectivity index (χ1n) is 8.61. The minimum absolute atomic E-state index is 0.0666. The third-order valence-corrected chi connectivity index (χ3v) is 4.81. The Morgan fingerprint density at radius 2 is 2.04 bits per heavy atom. The van der Waals surface area contributed by atoms with E-state index in [2.05, 4.69) is 5.10 Å². The number of ether oxygens (including phenoxy) is 3. The summed E-state index contributed by atoms with van der Waals surface area (Å²) in [6, 6.07) is 9.28. The molecule has 2 aromatic rings. The van der Waals surface area contributed by atoms with E-state index in [4.69, 9.17) is 14.2 Å². The zero-order chi connectivity index (χ0) is 18.5. The number of nitrogens with zero attached hydrogens (tertiary/aromatic N) is 3. The number of methoxy groups -OCH3 is 2. The van der Waals surface area contributed by atoms with Gasteiger partial charge < -0.3 is 19.1 Å². The number of rotatable bonds is 6. The molecule has 26 heavy (non-hydrogen) atoms. The molecular formula is C19H25N3O4. The first-order valence-corrected chi connectivity index (χ1v) is 8.61. The van der Waals surface area contributed by atoms with Crippen LogP contribution < -0.4 is 0 Å². The van der Waals surface area contributed by atoms with E-state index >= 15 is 0 Å². The van der Waals surface area contributed by atoms with Crippen molar-refractivity contribution in [1.29, 1.82) is 0 Å². The molecule has 1 aliphatic heterocycles. The number of hydrogen-bond donors (Lipinski definition) is 0. The van der Waals surface area contributed by atoms with E-state index in [9.17, 15) is 4.79 Å². The van der Waals surface area contributed by atoms with Gasteiger partial charge in [-0.05, 0) is 23.8 Å². The van der Waals surface area contributed by atoms with Gasteiger partial charge in [0.25, 0.3) is 5.91 Å². The number of amides is 1. The zero-order valence-corrected chi connectivity index (χ0v) is 15.4. The van der Waals surface area contributed by atoms with Crippen molar-refractivity contribution in [2.75, 3.05) is 34.5 Å². The van der Waals surface area contributed by atoms with Crippen molar-refractivity contribution in [3.05, 3.63) is 53.9 Å². The number of likely N-dealkylation sites (N-methyl/N-ethyl adjacent to an activating group) is 1. The Morgan fingerprint density at radius 1 is 1.27 bits per heavy atom. The Balaban J connectivity index is 1.69. The molecule has 2 heterocycles. The van der Waals surface area contributed by atoms with Crippen molar-refractivity contribution in [3.8, 4) is 0 Å². The van der Waals surface area contributed by atoms with E-state index in [1.54, 1.807) is 32.4 Å². The number of hydrogen-bond acceptors (Lipinski definition) is 5. The van der Waals surface area contributed by atoms with Crippen LogP contribution in [0.15, 0.2) is 42.7 Å². The maximum Gasteiger partial charge on any atom is 0.254 e. The molecule has 0 saturated carbocycles. The normalized spacial score (nSPS) is 23.0. The van der Waals surface area contributed by atoms with E-state index < -0.39 is 0 Å². The van der Waals surface area contributed by atoms with Crippen molar-refractivity contribution in [2.24, 2.45) is 0 Å². The standard InChI is InChI=1S/C19H25N3O4/c1-21(16-12-26-13-17(24-2)18(16)25-3)19(23)15-7-5-14(6-8-15)11-22-10-4-9-20-22/h4-10,16-18H,11-13H2,1-3H3/t16-,17-,18+/m1/s1. The largest absolute Gasteiger partial charge is 0.376 e. The fourth-order valence-electron chi connectivity index (χ4n) is 3.27. The minimum Gasteiger partial charge on any atom is -0.376 e. The molecule has 1 aromatic carbocycles. The molecule has 1 saturated heterocycles. The van der Waals surface area contributed by atoms with Crippen LogP contribution in [0.1, 0.15) is 15.9 Å². The second-order valence-corrected chi connectivity index (χ2v) is 6.40. The number of benzene rings is 1. The van der Waals surface area contributed by atoms with E-state index in [0.717, 1.165) is 5.56 Å². The molecule has 1 amide bonds. The molecule has 140 valence electrons. The highest BCUT2D eigenvalue weighted by atomic mass is 16.6. The van der Waals surface area contributed by atoms with Gasteiger partial charge in [-0.25, -0.2) is 0 Å². The lowest BCUT2D eigenvalue weighted by Crippen LogP contribution is -2.57. The first-order chi connectivity index (χ1) is 12.6. The predicted molar refractivity (Wildman–Crippen MR) is 96.1 cm³/mol. The van der Waals surface area contributed by atoms with Gasteiger partial charge in [-0.15, -0.1) is 0 Å². The molecule has 0 unspecified atom stereocenters. The van der Waals surface area contributed by atoms with Gasteiger partial charge in [-0.3, -0.25) is 9.48 Å². The highest BCUT2D eigenvalue weighted by Gasteiger charge is 2.38. The molecule has 0 spiro atoms. The lowest BCUT2D eigenvalue weighted by Gasteiger charge is -2.40. The minimum atomic E-state index is -0.221. The summed E-state index contributed by atoms with van der Waals surface area (Å²) in [6.07, 6.45) is 3.25. The zero-order valence-electron chi connectivity index (χ0n) is 15.4. The highest BCUT2D eigenvalue weighted by molar-refractivity contribution is 5.94. The Hall–Kier alpha value is -2.22.